The number of aliphatic hydroxyl groups is 1. The highest BCUT2D eigenvalue weighted by molar-refractivity contribution is 4.75. The standard InChI is InChI=1S/C10H18F5NO2/c1-7(2)3-16-4-8(17)5-18-6-9(11,12)10(13,14)15/h7-8,16-17H,3-6H2,1-2H3. The average molecular weight is 279 g/mol. The van der Waals surface area contributed by atoms with Gasteiger partial charge in [0, 0.05) is 6.54 Å². The van der Waals surface area contributed by atoms with E-state index in [1.807, 2.05) is 13.8 Å². The van der Waals surface area contributed by atoms with Crippen molar-refractivity contribution >= 4 is 0 Å². The highest BCUT2D eigenvalue weighted by Gasteiger charge is 2.57. The summed E-state index contributed by atoms with van der Waals surface area (Å²) in [6, 6.07) is 0. The molecule has 0 amide bonds. The molecule has 0 saturated heterocycles. The van der Waals surface area contributed by atoms with Crippen molar-refractivity contribution in [1.29, 1.82) is 0 Å². The summed E-state index contributed by atoms with van der Waals surface area (Å²) in [6.45, 7) is 2.19. The molecule has 0 aromatic rings. The molecular formula is C10H18F5NO2. The summed E-state index contributed by atoms with van der Waals surface area (Å²) in [5.41, 5.74) is 0. The predicted molar refractivity (Wildman–Crippen MR) is 55.5 cm³/mol. The third-order valence-electron chi connectivity index (χ3n) is 1.94. The Morgan fingerprint density at radius 1 is 1.11 bits per heavy atom. The number of rotatable bonds is 8. The van der Waals surface area contributed by atoms with Gasteiger partial charge in [-0.1, -0.05) is 13.8 Å². The Bertz CT molecular complexity index is 233. The molecule has 2 N–H and O–H groups in total. The van der Waals surface area contributed by atoms with Crippen LogP contribution < -0.4 is 5.32 Å². The van der Waals surface area contributed by atoms with Crippen LogP contribution in [0.5, 0.6) is 0 Å². The fourth-order valence-electron chi connectivity index (χ4n) is 1.00. The first-order valence-corrected chi connectivity index (χ1v) is 5.47. The van der Waals surface area contributed by atoms with Crippen LogP contribution in [0.1, 0.15) is 13.8 Å². The van der Waals surface area contributed by atoms with Gasteiger partial charge in [-0.15, -0.1) is 0 Å². The lowest BCUT2D eigenvalue weighted by Crippen LogP contribution is -2.42. The van der Waals surface area contributed by atoms with Gasteiger partial charge in [0.25, 0.3) is 0 Å². The Morgan fingerprint density at radius 2 is 1.67 bits per heavy atom. The Hall–Kier alpha value is -0.470. The molecule has 18 heavy (non-hydrogen) atoms. The number of hydrogen-bond donors (Lipinski definition) is 2. The van der Waals surface area contributed by atoms with E-state index in [-0.39, 0.29) is 6.54 Å². The summed E-state index contributed by atoms with van der Waals surface area (Å²) in [5.74, 6) is -4.55. The fraction of sp³-hybridized carbons (Fsp3) is 1.00. The van der Waals surface area contributed by atoms with Gasteiger partial charge >= 0.3 is 12.1 Å². The molecule has 0 radical (unpaired) electrons. The average Bonchev–Trinajstić information content (AvgIpc) is 2.14. The van der Waals surface area contributed by atoms with Gasteiger partial charge in [0.1, 0.15) is 6.61 Å². The Kier molecular flexibility index (Phi) is 7.01. The second kappa shape index (κ2) is 7.20. The Balaban J connectivity index is 3.77. The number of nitrogens with one attached hydrogen (secondary N) is 1. The third kappa shape index (κ3) is 7.07. The molecule has 0 spiro atoms. The molecule has 1 unspecified atom stereocenters. The van der Waals surface area contributed by atoms with Crippen molar-refractivity contribution in [2.24, 2.45) is 5.92 Å². The summed E-state index contributed by atoms with van der Waals surface area (Å²) in [5, 5.41) is 12.1. The second-order valence-corrected chi connectivity index (χ2v) is 4.42. The maximum absolute atomic E-state index is 12.4. The highest BCUT2D eigenvalue weighted by atomic mass is 19.4. The van der Waals surface area contributed by atoms with Crippen LogP contribution in [0, 0.1) is 5.92 Å². The van der Waals surface area contributed by atoms with Crippen molar-refractivity contribution in [3.05, 3.63) is 0 Å². The van der Waals surface area contributed by atoms with Gasteiger partial charge in [-0.2, -0.15) is 22.0 Å². The van der Waals surface area contributed by atoms with Crippen LogP contribution in [0.3, 0.4) is 0 Å². The minimum Gasteiger partial charge on any atom is -0.389 e. The lowest BCUT2D eigenvalue weighted by Gasteiger charge is -2.20. The number of aliphatic hydroxyl groups excluding tert-OH is 1. The minimum absolute atomic E-state index is 0.0791. The van der Waals surface area contributed by atoms with Crippen LogP contribution in [-0.4, -0.2) is 49.6 Å². The topological polar surface area (TPSA) is 41.5 Å². The van der Waals surface area contributed by atoms with Crippen molar-refractivity contribution in [3.8, 4) is 0 Å². The third-order valence-corrected chi connectivity index (χ3v) is 1.94. The molecule has 0 aromatic carbocycles. The quantitative estimate of drug-likeness (QED) is 0.666. The van der Waals surface area contributed by atoms with Crippen molar-refractivity contribution in [2.45, 2.75) is 32.1 Å². The molecule has 8 heteroatoms. The molecule has 0 aliphatic heterocycles. The number of hydrogen-bond acceptors (Lipinski definition) is 3. The number of halogens is 5. The summed E-state index contributed by atoms with van der Waals surface area (Å²) >= 11 is 0. The maximum Gasteiger partial charge on any atom is 0.455 e. The molecular weight excluding hydrogens is 261 g/mol. The number of alkyl halides is 5. The van der Waals surface area contributed by atoms with E-state index >= 15 is 0 Å². The van der Waals surface area contributed by atoms with E-state index < -0.39 is 31.4 Å². The molecule has 0 aliphatic rings. The largest absolute Gasteiger partial charge is 0.455 e. The summed E-state index contributed by atoms with van der Waals surface area (Å²) in [6.07, 6.45) is -6.75. The zero-order valence-corrected chi connectivity index (χ0v) is 10.2. The lowest BCUT2D eigenvalue weighted by molar-refractivity contribution is -0.297. The Labute approximate surface area is 102 Å². The van der Waals surface area contributed by atoms with E-state index in [0.29, 0.717) is 12.5 Å². The van der Waals surface area contributed by atoms with Gasteiger partial charge in [-0.25, -0.2) is 0 Å². The molecule has 0 aromatic heterocycles. The van der Waals surface area contributed by atoms with E-state index in [1.165, 1.54) is 0 Å². The monoisotopic (exact) mass is 279 g/mol. The zero-order valence-electron chi connectivity index (χ0n) is 10.2. The smallest absolute Gasteiger partial charge is 0.389 e. The van der Waals surface area contributed by atoms with Crippen LogP contribution >= 0.6 is 0 Å². The van der Waals surface area contributed by atoms with Gasteiger partial charge in [0.15, 0.2) is 0 Å². The summed E-state index contributed by atoms with van der Waals surface area (Å²) in [7, 11) is 0. The van der Waals surface area contributed by atoms with Crippen molar-refractivity contribution in [2.75, 3.05) is 26.3 Å². The first kappa shape index (κ1) is 17.5. The molecule has 0 rings (SSSR count). The lowest BCUT2D eigenvalue weighted by atomic mass is 10.2. The molecule has 0 aliphatic carbocycles. The molecule has 0 saturated carbocycles. The first-order valence-electron chi connectivity index (χ1n) is 5.47. The Morgan fingerprint density at radius 3 is 2.11 bits per heavy atom. The van der Waals surface area contributed by atoms with E-state index in [1.54, 1.807) is 0 Å². The predicted octanol–water partition coefficient (Wildman–Crippen LogP) is 1.81. The molecule has 0 fully saturated rings. The van der Waals surface area contributed by atoms with E-state index in [0.717, 1.165) is 0 Å². The van der Waals surface area contributed by atoms with Crippen LogP contribution in [0.15, 0.2) is 0 Å². The maximum atomic E-state index is 12.4. The molecule has 0 bridgehead atoms. The van der Waals surface area contributed by atoms with Gasteiger partial charge < -0.3 is 15.2 Å². The zero-order chi connectivity index (χ0) is 14.4. The van der Waals surface area contributed by atoms with Crippen LogP contribution in [0.4, 0.5) is 22.0 Å². The van der Waals surface area contributed by atoms with Gasteiger partial charge in [0.05, 0.1) is 12.7 Å². The summed E-state index contributed by atoms with van der Waals surface area (Å²) < 4.78 is 64.2. The van der Waals surface area contributed by atoms with Gasteiger partial charge in [0.2, 0.25) is 0 Å². The van der Waals surface area contributed by atoms with Crippen LogP contribution in [0.25, 0.3) is 0 Å². The first-order chi connectivity index (χ1) is 8.06. The number of ether oxygens (including phenoxy) is 1. The summed E-state index contributed by atoms with van der Waals surface area (Å²) in [4.78, 5) is 0. The van der Waals surface area contributed by atoms with Crippen LogP contribution in [0.2, 0.25) is 0 Å². The fourth-order valence-corrected chi connectivity index (χ4v) is 1.00. The molecule has 0 heterocycles. The van der Waals surface area contributed by atoms with Crippen LogP contribution in [-0.2, 0) is 4.74 Å². The van der Waals surface area contributed by atoms with E-state index in [9.17, 15) is 27.1 Å². The molecule has 1 atom stereocenters. The molecule has 110 valence electrons. The minimum atomic E-state index is -5.63. The van der Waals surface area contributed by atoms with Gasteiger partial charge in [-0.3, -0.25) is 0 Å². The SMILES string of the molecule is CC(C)CNCC(O)COCC(F)(F)C(F)(F)F. The van der Waals surface area contributed by atoms with Crippen molar-refractivity contribution < 1.29 is 31.8 Å². The van der Waals surface area contributed by atoms with Crippen molar-refractivity contribution in [1.82, 2.24) is 5.32 Å². The molecule has 3 nitrogen and oxygen atoms in total. The highest BCUT2D eigenvalue weighted by Crippen LogP contribution is 2.35. The van der Waals surface area contributed by atoms with Crippen molar-refractivity contribution in [3.63, 3.8) is 0 Å². The van der Waals surface area contributed by atoms with Gasteiger partial charge in [-0.05, 0) is 12.5 Å². The normalized spacial score (nSPS) is 15.2. The van der Waals surface area contributed by atoms with E-state index in [2.05, 4.69) is 10.1 Å². The van der Waals surface area contributed by atoms with E-state index in [4.69, 9.17) is 0 Å². The second-order valence-electron chi connectivity index (χ2n) is 4.42.